The maximum atomic E-state index is 12.9. The molecular formula is C24H24N2O5. The summed E-state index contributed by atoms with van der Waals surface area (Å²) in [6.07, 6.45) is 0.803. The van der Waals surface area contributed by atoms with E-state index in [2.05, 4.69) is 5.32 Å². The molecule has 4 rings (SSSR count). The molecule has 31 heavy (non-hydrogen) atoms. The van der Waals surface area contributed by atoms with Crippen molar-refractivity contribution in [3.63, 3.8) is 0 Å². The molecule has 0 unspecified atom stereocenters. The van der Waals surface area contributed by atoms with Crippen molar-refractivity contribution in [1.82, 2.24) is 0 Å². The van der Waals surface area contributed by atoms with E-state index in [4.69, 9.17) is 9.15 Å². The van der Waals surface area contributed by atoms with Gasteiger partial charge in [-0.3, -0.25) is 9.59 Å². The Balaban J connectivity index is 1.65. The zero-order valence-electron chi connectivity index (χ0n) is 17.7. The lowest BCUT2D eigenvalue weighted by molar-refractivity contribution is -0.127. The topological polar surface area (TPSA) is 88.8 Å². The molecule has 0 radical (unpaired) electrons. The minimum atomic E-state index is -0.705. The van der Waals surface area contributed by atoms with Crippen molar-refractivity contribution < 1.29 is 18.7 Å². The Labute approximate surface area is 179 Å². The van der Waals surface area contributed by atoms with Gasteiger partial charge in [0.05, 0.1) is 11.1 Å². The number of hydrogen-bond donors (Lipinski definition) is 1. The zero-order chi connectivity index (χ0) is 22.2. The number of benzene rings is 2. The van der Waals surface area contributed by atoms with Crippen LogP contribution in [-0.4, -0.2) is 25.0 Å². The first kappa shape index (κ1) is 20.7. The number of carbonyl (C=O) groups excluding carboxylic acids is 2. The molecule has 160 valence electrons. The van der Waals surface area contributed by atoms with Gasteiger partial charge in [0.1, 0.15) is 23.5 Å². The second-order valence-corrected chi connectivity index (χ2v) is 8.25. The van der Waals surface area contributed by atoms with Gasteiger partial charge >= 0.3 is 5.63 Å². The number of carbonyl (C=O) groups is 2. The lowest BCUT2D eigenvalue weighted by Gasteiger charge is -2.27. The van der Waals surface area contributed by atoms with Crippen LogP contribution in [0.1, 0.15) is 37.6 Å². The zero-order valence-corrected chi connectivity index (χ0v) is 17.7. The number of nitrogens with one attached hydrogen (secondary N) is 1. The van der Waals surface area contributed by atoms with Crippen molar-refractivity contribution in [3.8, 4) is 5.75 Å². The standard InChI is InChI=1S/C24H24N2O5/c1-4-11-26-18-10-9-16(13-20(18)30-14-24(2,3)23(26)29)25-21(27)17-12-15-7-5-6-8-19(15)31-22(17)28/h5-10,12-13H,4,11,14H2,1-3H3,(H,25,27). The predicted molar refractivity (Wildman–Crippen MR) is 119 cm³/mol. The van der Waals surface area contributed by atoms with Crippen LogP contribution in [0, 0.1) is 5.41 Å². The summed E-state index contributed by atoms with van der Waals surface area (Å²) >= 11 is 0. The van der Waals surface area contributed by atoms with Crippen LogP contribution < -0.4 is 20.6 Å². The Bertz CT molecular complexity index is 1230. The van der Waals surface area contributed by atoms with Gasteiger partial charge in [0.15, 0.2) is 0 Å². The van der Waals surface area contributed by atoms with Gasteiger partial charge < -0.3 is 19.4 Å². The molecule has 1 aliphatic heterocycles. The van der Waals surface area contributed by atoms with Gasteiger partial charge in [0.25, 0.3) is 5.91 Å². The molecule has 1 N–H and O–H groups in total. The summed E-state index contributed by atoms with van der Waals surface area (Å²) in [6, 6.07) is 13.6. The number of rotatable bonds is 4. The summed E-state index contributed by atoms with van der Waals surface area (Å²) in [5.74, 6) is -0.0655. The SMILES string of the molecule is CCCN1C(=O)C(C)(C)COc2cc(NC(=O)c3cc4ccccc4oc3=O)ccc21. The van der Waals surface area contributed by atoms with Gasteiger partial charge in [-0.15, -0.1) is 0 Å². The molecule has 2 amide bonds. The third-order valence-electron chi connectivity index (χ3n) is 5.25. The molecule has 2 heterocycles. The summed E-state index contributed by atoms with van der Waals surface area (Å²) < 4.78 is 11.2. The van der Waals surface area contributed by atoms with Crippen LogP contribution in [0.15, 0.2) is 57.7 Å². The summed E-state index contributed by atoms with van der Waals surface area (Å²) in [4.78, 5) is 39.7. The second kappa shape index (κ2) is 7.91. The first-order valence-electron chi connectivity index (χ1n) is 10.2. The fourth-order valence-electron chi connectivity index (χ4n) is 3.59. The predicted octanol–water partition coefficient (Wildman–Crippen LogP) is 4.21. The summed E-state index contributed by atoms with van der Waals surface area (Å²) in [6.45, 7) is 6.51. The third-order valence-corrected chi connectivity index (χ3v) is 5.25. The number of amides is 2. The van der Waals surface area contributed by atoms with Crippen molar-refractivity contribution in [1.29, 1.82) is 0 Å². The number of nitrogens with zero attached hydrogens (tertiary/aromatic N) is 1. The van der Waals surface area contributed by atoms with Crippen LogP contribution in [0.2, 0.25) is 0 Å². The normalized spacial score (nSPS) is 15.2. The van der Waals surface area contributed by atoms with Crippen LogP contribution >= 0.6 is 0 Å². The number of hydrogen-bond acceptors (Lipinski definition) is 5. The molecule has 7 heteroatoms. The molecule has 0 saturated carbocycles. The number of para-hydroxylation sites is 1. The van der Waals surface area contributed by atoms with E-state index in [1.165, 1.54) is 6.07 Å². The van der Waals surface area contributed by atoms with Crippen LogP contribution in [-0.2, 0) is 4.79 Å². The van der Waals surface area contributed by atoms with Crippen LogP contribution in [0.3, 0.4) is 0 Å². The Hall–Kier alpha value is -3.61. The van der Waals surface area contributed by atoms with Gasteiger partial charge in [-0.2, -0.15) is 0 Å². The van der Waals surface area contributed by atoms with E-state index in [1.807, 2.05) is 20.8 Å². The van der Waals surface area contributed by atoms with Gasteiger partial charge in [0.2, 0.25) is 5.91 Å². The highest BCUT2D eigenvalue weighted by atomic mass is 16.5. The third kappa shape index (κ3) is 3.91. The smallest absolute Gasteiger partial charge is 0.349 e. The first-order valence-corrected chi connectivity index (χ1v) is 10.2. The number of ether oxygens (including phenoxy) is 1. The van der Waals surface area contributed by atoms with E-state index in [0.29, 0.717) is 34.6 Å². The lowest BCUT2D eigenvalue weighted by Crippen LogP contribution is -2.42. The average molecular weight is 420 g/mol. The summed E-state index contributed by atoms with van der Waals surface area (Å²) in [5, 5.41) is 3.39. The van der Waals surface area contributed by atoms with Crippen molar-refractivity contribution >= 4 is 34.2 Å². The fourth-order valence-corrected chi connectivity index (χ4v) is 3.59. The Morgan fingerprint density at radius 1 is 1.13 bits per heavy atom. The van der Waals surface area contributed by atoms with Crippen LogP contribution in [0.4, 0.5) is 11.4 Å². The van der Waals surface area contributed by atoms with E-state index >= 15 is 0 Å². The molecule has 3 aromatic rings. The molecule has 0 bridgehead atoms. The summed E-state index contributed by atoms with van der Waals surface area (Å²) in [7, 11) is 0. The fraction of sp³-hybridized carbons (Fsp3) is 0.292. The summed E-state index contributed by atoms with van der Waals surface area (Å²) in [5.41, 5.74) is 0.0928. The molecular weight excluding hydrogens is 396 g/mol. The Kier molecular flexibility index (Phi) is 5.27. The van der Waals surface area contributed by atoms with E-state index in [1.54, 1.807) is 47.4 Å². The van der Waals surface area contributed by atoms with Gasteiger partial charge in [-0.25, -0.2) is 4.79 Å². The minimum Gasteiger partial charge on any atom is -0.490 e. The second-order valence-electron chi connectivity index (χ2n) is 8.25. The van der Waals surface area contributed by atoms with Gasteiger partial charge in [0, 0.05) is 23.7 Å². The molecule has 1 aromatic heterocycles. The number of anilines is 2. The van der Waals surface area contributed by atoms with Crippen molar-refractivity contribution in [2.45, 2.75) is 27.2 Å². The first-order chi connectivity index (χ1) is 14.8. The Morgan fingerprint density at radius 2 is 1.90 bits per heavy atom. The van der Waals surface area contributed by atoms with E-state index in [-0.39, 0.29) is 18.1 Å². The van der Waals surface area contributed by atoms with E-state index in [9.17, 15) is 14.4 Å². The van der Waals surface area contributed by atoms with Crippen molar-refractivity contribution in [2.24, 2.45) is 5.41 Å². The molecule has 1 aliphatic rings. The average Bonchev–Trinajstić information content (AvgIpc) is 2.83. The highest BCUT2D eigenvalue weighted by Gasteiger charge is 2.37. The molecule has 7 nitrogen and oxygen atoms in total. The van der Waals surface area contributed by atoms with Gasteiger partial charge in [-0.05, 0) is 44.5 Å². The maximum Gasteiger partial charge on any atom is 0.349 e. The maximum absolute atomic E-state index is 12.9. The highest BCUT2D eigenvalue weighted by molar-refractivity contribution is 6.06. The van der Waals surface area contributed by atoms with E-state index in [0.717, 1.165) is 6.42 Å². The monoisotopic (exact) mass is 420 g/mol. The van der Waals surface area contributed by atoms with Gasteiger partial charge in [-0.1, -0.05) is 25.1 Å². The number of fused-ring (bicyclic) bond motifs is 2. The lowest BCUT2D eigenvalue weighted by atomic mass is 9.93. The quantitative estimate of drug-likeness (QED) is 0.639. The van der Waals surface area contributed by atoms with E-state index < -0.39 is 16.9 Å². The van der Waals surface area contributed by atoms with Crippen LogP contribution in [0.5, 0.6) is 5.75 Å². The molecule has 2 aromatic carbocycles. The largest absolute Gasteiger partial charge is 0.490 e. The molecule has 0 aliphatic carbocycles. The Morgan fingerprint density at radius 3 is 2.68 bits per heavy atom. The van der Waals surface area contributed by atoms with Crippen molar-refractivity contribution in [2.75, 3.05) is 23.4 Å². The molecule has 0 saturated heterocycles. The molecule has 0 fully saturated rings. The molecule has 0 spiro atoms. The van der Waals surface area contributed by atoms with Crippen molar-refractivity contribution in [3.05, 3.63) is 64.5 Å². The minimum absolute atomic E-state index is 0.00124. The molecule has 0 atom stereocenters. The highest BCUT2D eigenvalue weighted by Crippen LogP contribution is 2.38. The van der Waals surface area contributed by atoms with Crippen LogP contribution in [0.25, 0.3) is 11.0 Å².